The summed E-state index contributed by atoms with van der Waals surface area (Å²) in [5.74, 6) is -6.99. The van der Waals surface area contributed by atoms with Gasteiger partial charge >= 0.3 is 5.97 Å². The lowest BCUT2D eigenvalue weighted by Gasteiger charge is -2.34. The fourth-order valence-electron chi connectivity index (χ4n) is 7.11. The first-order valence-electron chi connectivity index (χ1n) is 19.3. The summed E-state index contributed by atoms with van der Waals surface area (Å²) in [5, 5.41) is 7.81. The van der Waals surface area contributed by atoms with Crippen molar-refractivity contribution in [3.05, 3.63) is 47.5 Å². The molecule has 4 rings (SSSR count). The lowest BCUT2D eigenvalue weighted by Crippen LogP contribution is -2.60. The third-order valence-electron chi connectivity index (χ3n) is 10.5. The molecule has 0 aliphatic carbocycles. The number of ether oxygens (including phenoxy) is 1. The number of fused-ring (bicyclic) bond motifs is 2. The van der Waals surface area contributed by atoms with Crippen molar-refractivity contribution >= 4 is 41.4 Å². The van der Waals surface area contributed by atoms with E-state index in [2.05, 4.69) is 22.9 Å². The third-order valence-corrected chi connectivity index (χ3v) is 10.5. The Morgan fingerprint density at radius 3 is 2.29 bits per heavy atom. The molecular weight excluding hydrogens is 718 g/mol. The van der Waals surface area contributed by atoms with Crippen molar-refractivity contribution in [2.45, 2.75) is 128 Å². The predicted octanol–water partition coefficient (Wildman–Crippen LogP) is 2.28. The van der Waals surface area contributed by atoms with Crippen molar-refractivity contribution in [1.82, 2.24) is 30.7 Å². The van der Waals surface area contributed by atoms with E-state index in [0.29, 0.717) is 19.3 Å². The number of hydrogen-bond donors (Lipinski definition) is 3. The normalized spacial score (nSPS) is 24.7. The van der Waals surface area contributed by atoms with Gasteiger partial charge in [-0.25, -0.2) is 13.6 Å². The fraction of sp³-hybridized carbons (Fsp3) is 0.615. The number of benzene rings is 1. The zero-order valence-electron chi connectivity index (χ0n) is 32.1. The average Bonchev–Trinajstić information content (AvgIpc) is 3.86. The van der Waals surface area contributed by atoms with Crippen molar-refractivity contribution in [3.8, 4) is 0 Å². The van der Waals surface area contributed by atoms with E-state index < -0.39 is 95.9 Å². The Bertz CT molecular complexity index is 1620. The smallest absolute Gasteiger partial charge is 0.328 e. The van der Waals surface area contributed by atoms with Gasteiger partial charge in [-0.15, -0.1) is 0 Å². The first kappa shape index (κ1) is 42.8. The molecule has 3 fully saturated rings. The summed E-state index contributed by atoms with van der Waals surface area (Å²) in [6.45, 7) is 4.79. The van der Waals surface area contributed by atoms with E-state index in [1.165, 1.54) is 47.7 Å². The molecule has 0 aromatic heterocycles. The van der Waals surface area contributed by atoms with Crippen molar-refractivity contribution in [1.29, 1.82) is 0 Å². The van der Waals surface area contributed by atoms with Gasteiger partial charge in [0.05, 0.1) is 0 Å². The summed E-state index contributed by atoms with van der Waals surface area (Å²) in [4.78, 5) is 98.8. The maximum Gasteiger partial charge on any atom is 0.328 e. The number of allylic oxidation sites excluding steroid dienone is 1. The van der Waals surface area contributed by atoms with Crippen LogP contribution in [0, 0.1) is 11.6 Å². The van der Waals surface area contributed by atoms with E-state index in [1.807, 2.05) is 0 Å². The summed E-state index contributed by atoms with van der Waals surface area (Å²) in [6, 6.07) is -3.91. The molecule has 55 heavy (non-hydrogen) atoms. The van der Waals surface area contributed by atoms with Crippen LogP contribution in [0.15, 0.2) is 30.4 Å². The first-order valence-corrected chi connectivity index (χ1v) is 19.3. The Kier molecular flexibility index (Phi) is 15.7. The number of hydrogen-bond acceptors (Lipinski definition) is 8. The van der Waals surface area contributed by atoms with Crippen LogP contribution in [-0.4, -0.2) is 119 Å². The molecule has 0 saturated carbocycles. The van der Waals surface area contributed by atoms with Crippen molar-refractivity contribution in [2.75, 3.05) is 26.7 Å². The predicted molar refractivity (Wildman–Crippen MR) is 197 cm³/mol. The zero-order valence-corrected chi connectivity index (χ0v) is 32.1. The summed E-state index contributed by atoms with van der Waals surface area (Å²) in [5.41, 5.74) is 0.182. The number of esters is 1. The van der Waals surface area contributed by atoms with Gasteiger partial charge in [0.15, 0.2) is 11.6 Å². The average molecular weight is 773 g/mol. The first-order chi connectivity index (χ1) is 26.2. The van der Waals surface area contributed by atoms with Crippen LogP contribution in [0.1, 0.15) is 90.5 Å². The molecule has 0 bridgehead atoms. The largest absolute Gasteiger partial charge is 0.461 e. The molecule has 3 saturated heterocycles. The SMILES string of the molecule is CCCCCCC/C=C/C(=O)N[C@@H](Cc1ccc(F)c(F)c1)C(=O)N[C@H]1COC(=O)[C@@H]2CCCN2C(=O)[C@H](C)NC(=O)[C@H](C)N(C)C(=O)[C@@H]2CCCN2C1=O. The number of amides is 6. The zero-order chi connectivity index (χ0) is 40.2. The number of unbranched alkanes of at least 4 members (excludes halogenated alkanes) is 5. The van der Waals surface area contributed by atoms with Crippen LogP contribution in [0.25, 0.3) is 0 Å². The van der Waals surface area contributed by atoms with E-state index >= 15 is 0 Å². The molecule has 1 aromatic carbocycles. The molecule has 3 heterocycles. The second-order valence-electron chi connectivity index (χ2n) is 14.5. The summed E-state index contributed by atoms with van der Waals surface area (Å²) in [7, 11) is 1.42. The molecule has 16 heteroatoms. The number of halogens is 2. The molecule has 0 spiro atoms. The second-order valence-corrected chi connectivity index (χ2v) is 14.5. The van der Waals surface area contributed by atoms with Gasteiger partial charge in [0, 0.05) is 26.6 Å². The van der Waals surface area contributed by atoms with Crippen LogP contribution >= 0.6 is 0 Å². The highest BCUT2D eigenvalue weighted by Gasteiger charge is 2.43. The highest BCUT2D eigenvalue weighted by Crippen LogP contribution is 2.23. The van der Waals surface area contributed by atoms with Gasteiger partial charge in [-0.2, -0.15) is 0 Å². The van der Waals surface area contributed by atoms with Crippen molar-refractivity contribution in [2.24, 2.45) is 0 Å². The number of nitrogens with one attached hydrogen (secondary N) is 3. The third kappa shape index (κ3) is 11.3. The quantitative estimate of drug-likeness (QED) is 0.165. The number of likely N-dealkylation sites (N-methyl/N-ethyl adjacent to an activating group) is 1. The molecule has 0 radical (unpaired) electrons. The van der Waals surface area contributed by atoms with Gasteiger partial charge in [-0.1, -0.05) is 44.7 Å². The molecule has 1 aromatic rings. The molecule has 14 nitrogen and oxygen atoms in total. The van der Waals surface area contributed by atoms with E-state index in [-0.39, 0.29) is 37.9 Å². The maximum atomic E-state index is 14.3. The van der Waals surface area contributed by atoms with Gasteiger partial charge < -0.3 is 35.4 Å². The van der Waals surface area contributed by atoms with Crippen LogP contribution in [0.4, 0.5) is 8.78 Å². The van der Waals surface area contributed by atoms with Crippen LogP contribution in [0.3, 0.4) is 0 Å². The van der Waals surface area contributed by atoms with Gasteiger partial charge in [0.2, 0.25) is 35.4 Å². The summed E-state index contributed by atoms with van der Waals surface area (Å²) in [6.07, 6.45) is 9.94. The lowest BCUT2D eigenvalue weighted by molar-refractivity contribution is -0.158. The molecule has 3 aliphatic rings. The standard InChI is InChI=1S/C39H54F2N6O8/c1-5-6-7-8-9-10-11-16-33(48)43-29(22-26-17-18-27(40)28(41)21-26)35(50)44-30-23-55-39(54)32-15-13-20-47(32)36(51)24(2)42-34(49)25(3)45(4)38(53)31-14-12-19-46(31)37(30)52/h11,16-18,21,24-25,29-32H,5-10,12-15,19-20,22-23H2,1-4H3,(H,42,49)(H,43,48)(H,44,50)/b16-11+/t24-,25-,29-,30-,31-,32-/m0/s1. The van der Waals surface area contributed by atoms with Crippen LogP contribution < -0.4 is 16.0 Å². The molecule has 3 aliphatic heterocycles. The monoisotopic (exact) mass is 772 g/mol. The van der Waals surface area contributed by atoms with Crippen LogP contribution in [0.5, 0.6) is 0 Å². The van der Waals surface area contributed by atoms with E-state index in [9.17, 15) is 42.3 Å². The maximum absolute atomic E-state index is 14.3. The van der Waals surface area contributed by atoms with E-state index in [1.54, 1.807) is 6.08 Å². The summed E-state index contributed by atoms with van der Waals surface area (Å²) >= 11 is 0. The highest BCUT2D eigenvalue weighted by molar-refractivity contribution is 5.98. The lowest BCUT2D eigenvalue weighted by atomic mass is 10.0. The topological polar surface area (TPSA) is 175 Å². The van der Waals surface area contributed by atoms with Gasteiger partial charge in [0.25, 0.3) is 0 Å². The molecule has 3 N–H and O–H groups in total. The minimum absolute atomic E-state index is 0.129. The van der Waals surface area contributed by atoms with Crippen LogP contribution in [0.2, 0.25) is 0 Å². The molecule has 302 valence electrons. The van der Waals surface area contributed by atoms with Gasteiger partial charge in [0.1, 0.15) is 42.9 Å². The second kappa shape index (κ2) is 20.1. The Labute approximate surface area is 320 Å². The van der Waals surface area contributed by atoms with Gasteiger partial charge in [-0.3, -0.25) is 28.8 Å². The number of nitrogens with zero attached hydrogens (tertiary/aromatic N) is 3. The Morgan fingerprint density at radius 1 is 0.927 bits per heavy atom. The molecule has 6 atom stereocenters. The number of carbonyl (C=O) groups excluding carboxylic acids is 7. The van der Waals surface area contributed by atoms with Crippen molar-refractivity contribution in [3.63, 3.8) is 0 Å². The van der Waals surface area contributed by atoms with E-state index in [0.717, 1.165) is 44.2 Å². The number of cyclic esters (lactones) is 1. The minimum Gasteiger partial charge on any atom is -0.461 e. The fourth-order valence-corrected chi connectivity index (χ4v) is 7.11. The van der Waals surface area contributed by atoms with Gasteiger partial charge in [-0.05, 0) is 76.1 Å². The number of carbonyl (C=O) groups is 7. The molecule has 6 amide bonds. The molecule has 0 unspecified atom stereocenters. The minimum atomic E-state index is -1.55. The van der Waals surface area contributed by atoms with Crippen LogP contribution in [-0.2, 0) is 44.7 Å². The number of rotatable bonds is 12. The Hall–Kier alpha value is -4.89. The summed E-state index contributed by atoms with van der Waals surface area (Å²) < 4.78 is 33.6. The van der Waals surface area contributed by atoms with Crippen molar-refractivity contribution < 1.29 is 47.1 Å². The highest BCUT2D eigenvalue weighted by atomic mass is 19.2. The Morgan fingerprint density at radius 2 is 1.60 bits per heavy atom. The Balaban J connectivity index is 1.62. The van der Waals surface area contributed by atoms with E-state index in [4.69, 9.17) is 4.74 Å². The molecular formula is C39H54F2N6O8.